The number of sulfonamides is 1. The first-order valence-corrected chi connectivity index (χ1v) is 10.3. The highest BCUT2D eigenvalue weighted by Crippen LogP contribution is 2.27. The Morgan fingerprint density at radius 3 is 2.52 bits per heavy atom. The van der Waals surface area contributed by atoms with E-state index in [0.29, 0.717) is 24.3 Å². The topological polar surface area (TPSA) is 107 Å². The standard InChI is InChI=1S/C18H23N3O5S/c1-13-5-6-14(19-15-12-17(23)21(9-10-22)18(15)24)11-16(13)27(25,26)20-7-3-2-4-8-20/h5-6,11-12,19,22H,2-4,7-10H2,1H3. The van der Waals surface area contributed by atoms with E-state index in [1.807, 2.05) is 0 Å². The van der Waals surface area contributed by atoms with Crippen LogP contribution in [0.15, 0.2) is 34.9 Å². The Kier molecular flexibility index (Phi) is 5.64. The highest BCUT2D eigenvalue weighted by molar-refractivity contribution is 7.89. The molecule has 146 valence electrons. The molecule has 1 aromatic rings. The largest absolute Gasteiger partial charge is 0.395 e. The zero-order valence-corrected chi connectivity index (χ0v) is 16.0. The molecule has 1 aromatic carbocycles. The number of rotatable bonds is 6. The summed E-state index contributed by atoms with van der Waals surface area (Å²) in [5.41, 5.74) is 1.09. The van der Waals surface area contributed by atoms with Gasteiger partial charge >= 0.3 is 0 Å². The second kappa shape index (κ2) is 7.79. The van der Waals surface area contributed by atoms with Gasteiger partial charge in [-0.3, -0.25) is 14.5 Å². The summed E-state index contributed by atoms with van der Waals surface area (Å²) in [6, 6.07) is 4.83. The molecule has 0 aromatic heterocycles. The number of hydrogen-bond acceptors (Lipinski definition) is 6. The summed E-state index contributed by atoms with van der Waals surface area (Å²) in [6.07, 6.45) is 3.87. The molecule has 9 heteroatoms. The molecule has 0 saturated carbocycles. The Labute approximate surface area is 158 Å². The molecule has 0 atom stereocenters. The maximum atomic E-state index is 13.0. The molecule has 0 bridgehead atoms. The number of nitrogens with one attached hydrogen (secondary N) is 1. The number of carbonyl (C=O) groups excluding carboxylic acids is 2. The average molecular weight is 393 g/mol. The third-order valence-electron chi connectivity index (χ3n) is 4.73. The summed E-state index contributed by atoms with van der Waals surface area (Å²) in [5.74, 6) is -1.06. The summed E-state index contributed by atoms with van der Waals surface area (Å²) in [6.45, 7) is 2.34. The van der Waals surface area contributed by atoms with Gasteiger partial charge in [-0.1, -0.05) is 12.5 Å². The van der Waals surface area contributed by atoms with Crippen LogP contribution in [-0.2, 0) is 19.6 Å². The van der Waals surface area contributed by atoms with Crippen molar-refractivity contribution in [3.63, 3.8) is 0 Å². The van der Waals surface area contributed by atoms with E-state index in [9.17, 15) is 18.0 Å². The molecule has 2 heterocycles. The molecule has 1 saturated heterocycles. The first kappa shape index (κ1) is 19.5. The van der Waals surface area contributed by atoms with Crippen molar-refractivity contribution >= 4 is 27.5 Å². The molecule has 0 radical (unpaired) electrons. The molecular formula is C18H23N3O5S. The quantitative estimate of drug-likeness (QED) is 0.693. The number of amides is 2. The van der Waals surface area contributed by atoms with E-state index in [-0.39, 0.29) is 23.7 Å². The summed E-state index contributed by atoms with van der Waals surface area (Å²) in [4.78, 5) is 25.2. The molecule has 3 rings (SSSR count). The lowest BCUT2D eigenvalue weighted by Crippen LogP contribution is -2.36. The molecule has 0 spiro atoms. The highest BCUT2D eigenvalue weighted by Gasteiger charge is 2.31. The van der Waals surface area contributed by atoms with Crippen molar-refractivity contribution in [1.82, 2.24) is 9.21 Å². The number of benzene rings is 1. The maximum absolute atomic E-state index is 13.0. The maximum Gasteiger partial charge on any atom is 0.277 e. The predicted molar refractivity (Wildman–Crippen MR) is 99.3 cm³/mol. The Balaban J connectivity index is 1.85. The molecule has 2 aliphatic heterocycles. The third-order valence-corrected chi connectivity index (χ3v) is 6.77. The van der Waals surface area contributed by atoms with Gasteiger partial charge in [0.05, 0.1) is 18.0 Å². The molecule has 27 heavy (non-hydrogen) atoms. The van der Waals surface area contributed by atoms with Crippen molar-refractivity contribution in [2.75, 3.05) is 31.6 Å². The number of hydrogen-bond donors (Lipinski definition) is 2. The van der Waals surface area contributed by atoms with E-state index in [0.717, 1.165) is 30.2 Å². The summed E-state index contributed by atoms with van der Waals surface area (Å²) in [7, 11) is -3.61. The zero-order chi connectivity index (χ0) is 19.6. The minimum absolute atomic E-state index is 0.0543. The molecule has 0 aliphatic carbocycles. The van der Waals surface area contributed by atoms with Crippen molar-refractivity contribution in [2.24, 2.45) is 0 Å². The number of piperidine rings is 1. The van der Waals surface area contributed by atoms with Crippen molar-refractivity contribution in [3.05, 3.63) is 35.5 Å². The van der Waals surface area contributed by atoms with E-state index >= 15 is 0 Å². The van der Waals surface area contributed by atoms with Crippen molar-refractivity contribution in [2.45, 2.75) is 31.1 Å². The first-order chi connectivity index (χ1) is 12.8. The lowest BCUT2D eigenvalue weighted by atomic mass is 10.2. The summed E-state index contributed by atoms with van der Waals surface area (Å²) >= 11 is 0. The molecule has 0 unspecified atom stereocenters. The van der Waals surface area contributed by atoms with Crippen LogP contribution in [-0.4, -0.2) is 60.8 Å². The summed E-state index contributed by atoms with van der Waals surface area (Å²) in [5, 5.41) is 11.8. The number of nitrogens with zero attached hydrogens (tertiary/aromatic N) is 2. The molecule has 1 fully saturated rings. The van der Waals surface area contributed by atoms with Gasteiger partial charge in [0.15, 0.2) is 0 Å². The second-order valence-electron chi connectivity index (χ2n) is 6.65. The van der Waals surface area contributed by atoms with E-state index in [2.05, 4.69) is 5.32 Å². The van der Waals surface area contributed by atoms with Crippen LogP contribution >= 0.6 is 0 Å². The van der Waals surface area contributed by atoms with Gasteiger partial charge in [0.25, 0.3) is 11.8 Å². The fraction of sp³-hybridized carbons (Fsp3) is 0.444. The lowest BCUT2D eigenvalue weighted by molar-refractivity contribution is -0.137. The Morgan fingerprint density at radius 2 is 1.85 bits per heavy atom. The van der Waals surface area contributed by atoms with Crippen molar-refractivity contribution < 1.29 is 23.1 Å². The van der Waals surface area contributed by atoms with E-state index in [1.54, 1.807) is 19.1 Å². The molecule has 2 amide bonds. The van der Waals surface area contributed by atoms with Crippen molar-refractivity contribution in [1.29, 1.82) is 0 Å². The molecule has 2 N–H and O–H groups in total. The fourth-order valence-corrected chi connectivity index (χ4v) is 5.03. The molecule has 8 nitrogen and oxygen atoms in total. The van der Waals surface area contributed by atoms with Gasteiger partial charge < -0.3 is 10.4 Å². The van der Waals surface area contributed by atoms with Crippen LogP contribution in [0.5, 0.6) is 0 Å². The van der Waals surface area contributed by atoms with Crippen LogP contribution in [0.2, 0.25) is 0 Å². The highest BCUT2D eigenvalue weighted by atomic mass is 32.2. The van der Waals surface area contributed by atoms with Gasteiger partial charge in [-0.15, -0.1) is 0 Å². The van der Waals surface area contributed by atoms with Gasteiger partial charge in [0.1, 0.15) is 5.70 Å². The van der Waals surface area contributed by atoms with Crippen LogP contribution in [0.4, 0.5) is 5.69 Å². The van der Waals surface area contributed by atoms with Gasteiger partial charge in [0, 0.05) is 24.9 Å². The predicted octanol–water partition coefficient (Wildman–Crippen LogP) is 0.827. The number of β-amino-alcohol motifs (C(OH)–C–C–N with tert-alkyl or cyclic N) is 1. The number of imide groups is 1. The average Bonchev–Trinajstić information content (AvgIpc) is 2.91. The summed E-state index contributed by atoms with van der Waals surface area (Å²) < 4.78 is 27.5. The minimum atomic E-state index is -3.61. The van der Waals surface area contributed by atoms with Crippen LogP contribution in [0.25, 0.3) is 0 Å². The van der Waals surface area contributed by atoms with Gasteiger partial charge in [-0.05, 0) is 37.5 Å². The third kappa shape index (κ3) is 3.90. The van der Waals surface area contributed by atoms with Crippen LogP contribution in [0.3, 0.4) is 0 Å². The van der Waals surface area contributed by atoms with E-state index < -0.39 is 21.8 Å². The lowest BCUT2D eigenvalue weighted by Gasteiger charge is -2.26. The Morgan fingerprint density at radius 1 is 1.15 bits per heavy atom. The van der Waals surface area contributed by atoms with Crippen LogP contribution in [0.1, 0.15) is 24.8 Å². The first-order valence-electron chi connectivity index (χ1n) is 8.91. The monoisotopic (exact) mass is 393 g/mol. The molecule has 2 aliphatic rings. The van der Waals surface area contributed by atoms with E-state index in [1.165, 1.54) is 10.4 Å². The number of anilines is 1. The Hall–Kier alpha value is -2.23. The number of aryl methyl sites for hydroxylation is 1. The normalized spacial score (nSPS) is 18.7. The van der Waals surface area contributed by atoms with Crippen molar-refractivity contribution in [3.8, 4) is 0 Å². The SMILES string of the molecule is Cc1ccc(NC2=CC(=O)N(CCO)C2=O)cc1S(=O)(=O)N1CCCCC1. The van der Waals surface area contributed by atoms with Gasteiger partial charge in [-0.25, -0.2) is 8.42 Å². The number of aliphatic hydroxyl groups excluding tert-OH is 1. The van der Waals surface area contributed by atoms with Crippen LogP contribution in [0, 0.1) is 6.92 Å². The Bertz CT molecular complexity index is 888. The number of carbonyl (C=O) groups is 2. The number of aliphatic hydroxyl groups is 1. The van der Waals surface area contributed by atoms with Crippen LogP contribution < -0.4 is 5.32 Å². The molecular weight excluding hydrogens is 370 g/mol. The minimum Gasteiger partial charge on any atom is -0.395 e. The van der Waals surface area contributed by atoms with Gasteiger partial charge in [0.2, 0.25) is 10.0 Å². The van der Waals surface area contributed by atoms with Gasteiger partial charge in [-0.2, -0.15) is 4.31 Å². The smallest absolute Gasteiger partial charge is 0.277 e. The second-order valence-corrected chi connectivity index (χ2v) is 8.55. The zero-order valence-electron chi connectivity index (χ0n) is 15.1. The van der Waals surface area contributed by atoms with E-state index in [4.69, 9.17) is 5.11 Å². The fourth-order valence-electron chi connectivity index (χ4n) is 3.27.